The number of aliphatic hydroxyl groups excluding tert-OH is 1. The van der Waals surface area contributed by atoms with Crippen LogP contribution in [0.1, 0.15) is 159 Å². The highest BCUT2D eigenvalue weighted by atomic mass is 16.5. The maximum atomic E-state index is 14.0. The van der Waals surface area contributed by atoms with Gasteiger partial charge in [0.2, 0.25) is 0 Å². The third-order valence-corrected chi connectivity index (χ3v) is 17.0. The Balaban J connectivity index is 1.25. The van der Waals surface area contributed by atoms with E-state index in [1.54, 1.807) is 13.8 Å². The normalized spacial score (nSPS) is 40.3. The van der Waals surface area contributed by atoms with Crippen LogP contribution in [0, 0.1) is 62.1 Å². The van der Waals surface area contributed by atoms with Gasteiger partial charge in [-0.3, -0.25) is 14.4 Å². The van der Waals surface area contributed by atoms with Crippen molar-refractivity contribution in [3.8, 4) is 0 Å². The number of ether oxygens (including phenoxy) is 1. The van der Waals surface area contributed by atoms with Gasteiger partial charge in [-0.2, -0.15) is 0 Å². The van der Waals surface area contributed by atoms with Gasteiger partial charge in [-0.15, -0.1) is 0 Å². The summed E-state index contributed by atoms with van der Waals surface area (Å²) in [6, 6.07) is 0. The minimum absolute atomic E-state index is 0.0264. The van der Waals surface area contributed by atoms with Gasteiger partial charge in [-0.05, 0) is 136 Å². The number of fused-ring (bicyclic) bond motifs is 7. The molecule has 51 heavy (non-hydrogen) atoms. The van der Waals surface area contributed by atoms with E-state index in [4.69, 9.17) is 4.74 Å². The predicted molar refractivity (Wildman–Crippen MR) is 201 cm³/mol. The quantitative estimate of drug-likeness (QED) is 0.194. The molecule has 0 bridgehead atoms. The van der Waals surface area contributed by atoms with Gasteiger partial charge in [0.25, 0.3) is 0 Å². The zero-order valence-corrected chi connectivity index (χ0v) is 33.6. The zero-order valence-electron chi connectivity index (χ0n) is 33.6. The van der Waals surface area contributed by atoms with E-state index < -0.39 is 28.9 Å². The molecule has 9 atom stereocenters. The summed E-state index contributed by atoms with van der Waals surface area (Å²) in [6.45, 7) is 21.3. The van der Waals surface area contributed by atoms with Crippen LogP contribution in [-0.4, -0.2) is 53.2 Å². The van der Waals surface area contributed by atoms with E-state index in [0.717, 1.165) is 63.5 Å². The molecule has 0 radical (unpaired) electrons. The van der Waals surface area contributed by atoms with Crippen LogP contribution in [0.4, 0.5) is 0 Å². The van der Waals surface area contributed by atoms with Gasteiger partial charge in [-0.25, -0.2) is 0 Å². The summed E-state index contributed by atoms with van der Waals surface area (Å²) in [5.74, 6) is 0.944. The van der Waals surface area contributed by atoms with E-state index >= 15 is 0 Å². The van der Waals surface area contributed by atoms with Crippen molar-refractivity contribution in [2.24, 2.45) is 62.1 Å². The first-order valence-electron chi connectivity index (χ1n) is 20.8. The molecule has 0 spiro atoms. The number of ketones is 1. The first kappa shape index (κ1) is 39.0. The van der Waals surface area contributed by atoms with Gasteiger partial charge >= 0.3 is 11.9 Å². The van der Waals surface area contributed by atoms with Crippen molar-refractivity contribution < 1.29 is 29.3 Å². The number of aliphatic hydroxyl groups is 1. The minimum atomic E-state index is -1.15. The van der Waals surface area contributed by atoms with Gasteiger partial charge in [0.15, 0.2) is 5.78 Å². The second kappa shape index (κ2) is 13.5. The number of carbonyl (C=O) groups is 3. The Morgan fingerprint density at radius 3 is 2.22 bits per heavy atom. The van der Waals surface area contributed by atoms with E-state index in [9.17, 15) is 24.6 Å². The fourth-order valence-electron chi connectivity index (χ4n) is 13.9. The van der Waals surface area contributed by atoms with E-state index in [1.165, 1.54) is 37.7 Å². The molecule has 6 aliphatic carbocycles. The van der Waals surface area contributed by atoms with Crippen LogP contribution < -0.4 is 5.32 Å². The number of carboxylic acid groups (broad SMARTS) is 1. The Morgan fingerprint density at radius 2 is 1.57 bits per heavy atom. The maximum absolute atomic E-state index is 14.0. The number of carboxylic acids is 1. The van der Waals surface area contributed by atoms with Crippen molar-refractivity contribution in [3.05, 3.63) is 11.1 Å². The number of rotatable bonds is 10. The molecule has 7 nitrogen and oxygen atoms in total. The molecule has 5 saturated carbocycles. The van der Waals surface area contributed by atoms with Crippen LogP contribution in [0.25, 0.3) is 0 Å². The fraction of sp³-hybridized carbons (Fsp3) is 0.886. The van der Waals surface area contributed by atoms with Crippen molar-refractivity contribution in [1.82, 2.24) is 5.32 Å². The van der Waals surface area contributed by atoms with Gasteiger partial charge in [0.05, 0.1) is 17.9 Å². The van der Waals surface area contributed by atoms with Crippen molar-refractivity contribution in [3.63, 3.8) is 0 Å². The molecule has 5 fully saturated rings. The smallest absolute Gasteiger partial charge is 0.309 e. The summed E-state index contributed by atoms with van der Waals surface area (Å²) in [7, 11) is 0. The van der Waals surface area contributed by atoms with Crippen LogP contribution >= 0.6 is 0 Å². The molecule has 1 unspecified atom stereocenters. The molecule has 6 aliphatic rings. The molecule has 0 heterocycles. The topological polar surface area (TPSA) is 113 Å². The van der Waals surface area contributed by atoms with Crippen LogP contribution in [0.2, 0.25) is 0 Å². The Labute approximate surface area is 308 Å². The monoisotopic (exact) mass is 710 g/mol. The lowest BCUT2D eigenvalue weighted by Crippen LogP contribution is -2.66. The van der Waals surface area contributed by atoms with Crippen molar-refractivity contribution in [2.45, 2.75) is 171 Å². The third-order valence-electron chi connectivity index (χ3n) is 17.0. The van der Waals surface area contributed by atoms with Crippen molar-refractivity contribution in [2.75, 3.05) is 13.1 Å². The standard InChI is InChI=1S/C44H71NO6/c1-27(2)36-30(46)23-44(33(47)26-45-25-28-13-11-10-12-14-28)22-21-42(8)29(37(36)44)15-16-32-41(7)19-18-34(51-35(48)24-39(3,4)38(49)50)40(5,6)31(41)17-20-43(32,42)9/h27-29,31-34,45,47H,10-26H2,1-9H3,(H,49,50)/t29-,31?,32-,33-,34+,41+,42-,43-,44+/m1/s1. The van der Waals surface area contributed by atoms with Crippen LogP contribution in [0.5, 0.6) is 0 Å². The molecular weight excluding hydrogens is 638 g/mol. The average Bonchev–Trinajstić information content (AvgIpc) is 3.36. The largest absolute Gasteiger partial charge is 0.481 e. The highest BCUT2D eigenvalue weighted by molar-refractivity contribution is 6.00. The Morgan fingerprint density at radius 1 is 0.882 bits per heavy atom. The van der Waals surface area contributed by atoms with Gasteiger partial charge < -0.3 is 20.3 Å². The van der Waals surface area contributed by atoms with E-state index in [-0.39, 0.29) is 45.9 Å². The maximum Gasteiger partial charge on any atom is 0.309 e. The summed E-state index contributed by atoms with van der Waals surface area (Å²) in [4.78, 5) is 38.9. The summed E-state index contributed by atoms with van der Waals surface area (Å²) in [6.07, 6.45) is 14.2. The van der Waals surface area contributed by atoms with Crippen LogP contribution in [-0.2, 0) is 19.1 Å². The summed E-state index contributed by atoms with van der Waals surface area (Å²) in [5, 5.41) is 25.5. The summed E-state index contributed by atoms with van der Waals surface area (Å²) < 4.78 is 6.17. The molecule has 7 heteroatoms. The van der Waals surface area contributed by atoms with Crippen LogP contribution in [0.3, 0.4) is 0 Å². The van der Waals surface area contributed by atoms with Gasteiger partial charge in [0.1, 0.15) is 6.10 Å². The first-order valence-corrected chi connectivity index (χ1v) is 20.8. The molecule has 3 N–H and O–H groups in total. The number of nitrogens with one attached hydrogen (secondary N) is 1. The molecule has 288 valence electrons. The third kappa shape index (κ3) is 6.18. The molecule has 0 amide bonds. The molecular formula is C44H71NO6. The number of allylic oxidation sites excluding steroid dienone is 1. The summed E-state index contributed by atoms with van der Waals surface area (Å²) >= 11 is 0. The van der Waals surface area contributed by atoms with E-state index in [0.29, 0.717) is 36.6 Å². The van der Waals surface area contributed by atoms with E-state index in [1.807, 2.05) is 0 Å². The molecule has 0 aromatic rings. The molecule has 0 aromatic carbocycles. The second-order valence-electron chi connectivity index (χ2n) is 20.7. The Bertz CT molecular complexity index is 1410. The van der Waals surface area contributed by atoms with Gasteiger partial charge in [-0.1, -0.05) is 73.3 Å². The SMILES string of the molecule is CC(C)C1=C2[C@H]3CC[C@@H]4[C@@]5(C)CC[C@H](OC(=O)CC(C)(C)C(=O)O)C(C)(C)C5CC[C@@]4(C)[C@]3(C)CC[C@@]2([C@H](O)CNCC2CCCCC2)CC1=O. The molecule has 0 saturated heterocycles. The first-order chi connectivity index (χ1) is 23.7. The number of Topliss-reactive ketones (excluding diaryl/α,β-unsaturated/α-hetero) is 1. The zero-order chi connectivity index (χ0) is 37.4. The number of esters is 1. The fourth-order valence-corrected chi connectivity index (χ4v) is 13.9. The lowest BCUT2D eigenvalue weighted by Gasteiger charge is -2.72. The highest BCUT2D eigenvalue weighted by Crippen LogP contribution is 2.77. The van der Waals surface area contributed by atoms with Crippen molar-refractivity contribution >= 4 is 17.7 Å². The number of hydrogen-bond donors (Lipinski definition) is 3. The number of hydrogen-bond acceptors (Lipinski definition) is 6. The summed E-state index contributed by atoms with van der Waals surface area (Å²) in [5.41, 5.74) is 0.747. The Kier molecular flexibility index (Phi) is 10.3. The lowest BCUT2D eigenvalue weighted by molar-refractivity contribution is -0.235. The van der Waals surface area contributed by atoms with E-state index in [2.05, 4.69) is 53.8 Å². The highest BCUT2D eigenvalue weighted by Gasteiger charge is 2.70. The number of carbonyl (C=O) groups excluding carboxylic acids is 2. The Hall–Kier alpha value is -1.73. The van der Waals surface area contributed by atoms with Crippen LogP contribution in [0.15, 0.2) is 11.1 Å². The predicted octanol–water partition coefficient (Wildman–Crippen LogP) is 8.91. The number of aliphatic carboxylic acids is 1. The average molecular weight is 710 g/mol. The molecule has 0 aromatic heterocycles. The second-order valence-corrected chi connectivity index (χ2v) is 20.7. The molecule has 0 aliphatic heterocycles. The van der Waals surface area contributed by atoms with Gasteiger partial charge in [0, 0.05) is 23.8 Å². The molecule has 6 rings (SSSR count). The lowest BCUT2D eigenvalue weighted by atomic mass is 9.33. The minimum Gasteiger partial charge on any atom is -0.481 e. The van der Waals surface area contributed by atoms with Crippen molar-refractivity contribution in [1.29, 1.82) is 0 Å².